The molecule has 0 amide bonds. The third-order valence-corrected chi connectivity index (χ3v) is 6.71. The lowest BCUT2D eigenvalue weighted by Crippen LogP contribution is -2.47. The number of anilines is 2. The standard InChI is InChI=1S/C29H29F3N4O3/c1-4-39-24-11-6-5-10-23(24)35-12-14-36(15-13-35)28-21-17-25(37-2)26(38-3)18-22(21)33-27(34-28)19-8-7-9-20(16-19)29(30,31)32/h5-11,16-18H,4,12-15H2,1-3H3. The highest BCUT2D eigenvalue weighted by Crippen LogP contribution is 2.38. The van der Waals surface area contributed by atoms with Crippen LogP contribution in [0.3, 0.4) is 0 Å². The second-order valence-corrected chi connectivity index (χ2v) is 9.05. The average molecular weight is 539 g/mol. The molecular formula is C29H29F3N4O3. The van der Waals surface area contributed by atoms with Crippen LogP contribution in [0.25, 0.3) is 22.3 Å². The number of alkyl halides is 3. The highest BCUT2D eigenvalue weighted by Gasteiger charge is 2.31. The van der Waals surface area contributed by atoms with Gasteiger partial charge in [-0.3, -0.25) is 0 Å². The Morgan fingerprint density at radius 3 is 2.18 bits per heavy atom. The van der Waals surface area contributed by atoms with Crippen LogP contribution in [0.2, 0.25) is 0 Å². The van der Waals surface area contributed by atoms with Crippen molar-refractivity contribution in [1.29, 1.82) is 0 Å². The molecule has 204 valence electrons. The van der Waals surface area contributed by atoms with Gasteiger partial charge in [-0.2, -0.15) is 13.2 Å². The number of aromatic nitrogens is 2. The van der Waals surface area contributed by atoms with Crippen molar-refractivity contribution in [2.24, 2.45) is 0 Å². The van der Waals surface area contributed by atoms with Crippen LogP contribution < -0.4 is 24.0 Å². The third-order valence-electron chi connectivity index (χ3n) is 6.71. The number of piperazine rings is 1. The lowest BCUT2D eigenvalue weighted by atomic mass is 10.1. The summed E-state index contributed by atoms with van der Waals surface area (Å²) in [6, 6.07) is 16.6. The van der Waals surface area contributed by atoms with E-state index < -0.39 is 11.7 Å². The number of hydrogen-bond acceptors (Lipinski definition) is 7. The molecule has 39 heavy (non-hydrogen) atoms. The summed E-state index contributed by atoms with van der Waals surface area (Å²) in [5, 5.41) is 0.728. The summed E-state index contributed by atoms with van der Waals surface area (Å²) in [5.74, 6) is 2.67. The minimum absolute atomic E-state index is 0.208. The van der Waals surface area contributed by atoms with Crippen LogP contribution in [0.1, 0.15) is 12.5 Å². The van der Waals surface area contributed by atoms with Crippen molar-refractivity contribution in [1.82, 2.24) is 9.97 Å². The number of fused-ring (bicyclic) bond motifs is 1. The molecule has 0 atom stereocenters. The molecule has 0 spiro atoms. The molecule has 1 fully saturated rings. The largest absolute Gasteiger partial charge is 0.493 e. The highest BCUT2D eigenvalue weighted by molar-refractivity contribution is 5.93. The van der Waals surface area contributed by atoms with Crippen molar-refractivity contribution < 1.29 is 27.4 Å². The van der Waals surface area contributed by atoms with E-state index in [1.807, 2.05) is 37.3 Å². The predicted molar refractivity (Wildman–Crippen MR) is 145 cm³/mol. The molecule has 1 aliphatic heterocycles. The van der Waals surface area contributed by atoms with Gasteiger partial charge < -0.3 is 24.0 Å². The number of ether oxygens (including phenoxy) is 3. The van der Waals surface area contributed by atoms with Crippen molar-refractivity contribution in [2.75, 3.05) is 56.8 Å². The van der Waals surface area contributed by atoms with E-state index in [9.17, 15) is 13.2 Å². The van der Waals surface area contributed by atoms with E-state index in [1.54, 1.807) is 19.2 Å². The van der Waals surface area contributed by atoms with E-state index in [2.05, 4.69) is 14.8 Å². The summed E-state index contributed by atoms with van der Waals surface area (Å²) in [4.78, 5) is 13.8. The van der Waals surface area contributed by atoms with Gasteiger partial charge in [0.25, 0.3) is 0 Å². The molecule has 0 saturated carbocycles. The van der Waals surface area contributed by atoms with E-state index in [1.165, 1.54) is 13.2 Å². The number of rotatable bonds is 7. The Morgan fingerprint density at radius 2 is 1.49 bits per heavy atom. The second-order valence-electron chi connectivity index (χ2n) is 9.05. The van der Waals surface area contributed by atoms with Crippen LogP contribution in [0.15, 0.2) is 60.7 Å². The van der Waals surface area contributed by atoms with Gasteiger partial charge in [0.05, 0.1) is 37.6 Å². The maximum atomic E-state index is 13.4. The summed E-state index contributed by atoms with van der Waals surface area (Å²) in [6.45, 7) is 5.24. The fourth-order valence-electron chi connectivity index (χ4n) is 4.80. The van der Waals surface area contributed by atoms with Gasteiger partial charge in [0, 0.05) is 43.2 Å². The normalized spacial score (nSPS) is 14.0. The van der Waals surface area contributed by atoms with Crippen LogP contribution >= 0.6 is 0 Å². The summed E-state index contributed by atoms with van der Waals surface area (Å²) in [5.41, 5.74) is 1.11. The van der Waals surface area contributed by atoms with Crippen molar-refractivity contribution in [3.05, 3.63) is 66.2 Å². The molecule has 1 saturated heterocycles. The molecule has 0 aliphatic carbocycles. The Hall–Kier alpha value is -4.21. The molecule has 0 bridgehead atoms. The monoisotopic (exact) mass is 538 g/mol. The molecule has 7 nitrogen and oxygen atoms in total. The zero-order valence-corrected chi connectivity index (χ0v) is 22.0. The van der Waals surface area contributed by atoms with Crippen molar-refractivity contribution >= 4 is 22.4 Å². The Bertz CT molecular complexity index is 1470. The Morgan fingerprint density at radius 1 is 0.795 bits per heavy atom. The number of hydrogen-bond donors (Lipinski definition) is 0. The maximum Gasteiger partial charge on any atom is 0.416 e. The molecule has 1 aromatic heterocycles. The fraction of sp³-hybridized carbons (Fsp3) is 0.310. The quantitative estimate of drug-likeness (QED) is 0.284. The molecule has 0 N–H and O–H groups in total. The van der Waals surface area contributed by atoms with Crippen molar-refractivity contribution in [3.8, 4) is 28.6 Å². The van der Waals surface area contributed by atoms with Crippen LogP contribution in [-0.2, 0) is 6.18 Å². The predicted octanol–water partition coefficient (Wildman–Crippen LogP) is 6.06. The summed E-state index contributed by atoms with van der Waals surface area (Å²) in [6.07, 6.45) is -4.47. The van der Waals surface area contributed by atoms with Crippen LogP contribution in [0.4, 0.5) is 24.7 Å². The van der Waals surface area contributed by atoms with Gasteiger partial charge in [-0.25, -0.2) is 9.97 Å². The van der Waals surface area contributed by atoms with Gasteiger partial charge in [-0.05, 0) is 37.3 Å². The number of para-hydroxylation sites is 2. The van der Waals surface area contributed by atoms with Gasteiger partial charge in [0.1, 0.15) is 11.6 Å². The van der Waals surface area contributed by atoms with Crippen molar-refractivity contribution in [2.45, 2.75) is 13.1 Å². The fourth-order valence-corrected chi connectivity index (χ4v) is 4.80. The summed E-state index contributed by atoms with van der Waals surface area (Å²) < 4.78 is 57.2. The first-order valence-electron chi connectivity index (χ1n) is 12.7. The van der Waals surface area contributed by atoms with Crippen molar-refractivity contribution in [3.63, 3.8) is 0 Å². The topological polar surface area (TPSA) is 60.0 Å². The Balaban J connectivity index is 1.55. The first-order valence-corrected chi connectivity index (χ1v) is 12.7. The van der Waals surface area contributed by atoms with Gasteiger partial charge in [0.15, 0.2) is 17.3 Å². The first kappa shape index (κ1) is 26.4. The van der Waals surface area contributed by atoms with Crippen LogP contribution in [0, 0.1) is 0 Å². The zero-order chi connectivity index (χ0) is 27.6. The van der Waals surface area contributed by atoms with E-state index in [0.29, 0.717) is 55.6 Å². The molecule has 5 rings (SSSR count). The Labute approximate surface area is 224 Å². The molecule has 1 aliphatic rings. The number of halogens is 3. The molecule has 10 heteroatoms. The van der Waals surface area contributed by atoms with E-state index >= 15 is 0 Å². The lowest BCUT2D eigenvalue weighted by Gasteiger charge is -2.37. The number of nitrogens with zero attached hydrogens (tertiary/aromatic N) is 4. The minimum atomic E-state index is -4.47. The van der Waals surface area contributed by atoms with Gasteiger partial charge in [0.2, 0.25) is 0 Å². The van der Waals surface area contributed by atoms with Crippen LogP contribution in [-0.4, -0.2) is 57.0 Å². The Kier molecular flexibility index (Phi) is 7.36. The van der Waals surface area contributed by atoms with E-state index in [-0.39, 0.29) is 11.4 Å². The number of benzene rings is 3. The average Bonchev–Trinajstić information content (AvgIpc) is 2.96. The molecule has 3 aromatic carbocycles. The SMILES string of the molecule is CCOc1ccccc1N1CCN(c2nc(-c3cccc(C(F)(F)F)c3)nc3cc(OC)c(OC)cc23)CC1. The first-order chi connectivity index (χ1) is 18.8. The van der Waals surface area contributed by atoms with E-state index in [0.717, 1.165) is 29.0 Å². The summed E-state index contributed by atoms with van der Waals surface area (Å²) >= 11 is 0. The smallest absolute Gasteiger partial charge is 0.416 e. The molecule has 2 heterocycles. The minimum Gasteiger partial charge on any atom is -0.493 e. The highest BCUT2D eigenvalue weighted by atomic mass is 19.4. The summed E-state index contributed by atoms with van der Waals surface area (Å²) in [7, 11) is 3.08. The lowest BCUT2D eigenvalue weighted by molar-refractivity contribution is -0.137. The van der Waals surface area contributed by atoms with Gasteiger partial charge >= 0.3 is 6.18 Å². The number of methoxy groups -OCH3 is 2. The molecular weight excluding hydrogens is 509 g/mol. The zero-order valence-electron chi connectivity index (χ0n) is 22.0. The maximum absolute atomic E-state index is 13.4. The van der Waals surface area contributed by atoms with Crippen LogP contribution in [0.5, 0.6) is 17.2 Å². The molecule has 0 radical (unpaired) electrons. The molecule has 0 unspecified atom stereocenters. The molecule has 4 aromatic rings. The van der Waals surface area contributed by atoms with Gasteiger partial charge in [-0.1, -0.05) is 24.3 Å². The van der Waals surface area contributed by atoms with Gasteiger partial charge in [-0.15, -0.1) is 0 Å². The third kappa shape index (κ3) is 5.36. The second kappa shape index (κ2) is 10.9. The van der Waals surface area contributed by atoms with E-state index in [4.69, 9.17) is 19.2 Å².